The molecule has 0 unspecified atom stereocenters. The Morgan fingerprint density at radius 3 is 0.909 bits per heavy atom. The van der Waals surface area contributed by atoms with Gasteiger partial charge in [0.1, 0.15) is 0 Å². The molecule has 0 radical (unpaired) electrons. The van der Waals surface area contributed by atoms with Crippen LogP contribution < -0.4 is 9.80 Å². The molecule has 0 N–H and O–H groups in total. The van der Waals surface area contributed by atoms with Crippen LogP contribution in [0.2, 0.25) is 0 Å². The highest BCUT2D eigenvalue weighted by Crippen LogP contribution is 2.57. The lowest BCUT2D eigenvalue weighted by atomic mass is 9.67. The minimum Gasteiger partial charge on any atom is -0.310 e. The molecular formula is C73H50N4. The average molecular weight is 983 g/mol. The van der Waals surface area contributed by atoms with Gasteiger partial charge in [0.15, 0.2) is 0 Å². The van der Waals surface area contributed by atoms with E-state index in [9.17, 15) is 0 Å². The molecule has 0 aliphatic heterocycles. The van der Waals surface area contributed by atoms with Gasteiger partial charge in [-0.15, -0.1) is 0 Å². The Bertz CT molecular complexity index is 4120. The molecule has 77 heavy (non-hydrogen) atoms. The average Bonchev–Trinajstić information content (AvgIpc) is 4.32. The van der Waals surface area contributed by atoms with E-state index in [1.807, 2.05) is 0 Å². The van der Waals surface area contributed by atoms with Crippen LogP contribution in [-0.2, 0) is 5.41 Å². The molecule has 1 aliphatic carbocycles. The summed E-state index contributed by atoms with van der Waals surface area (Å²) in [5.74, 6) is 0. The van der Waals surface area contributed by atoms with Gasteiger partial charge in [-0.05, 0) is 143 Å². The first-order chi connectivity index (χ1) is 38.2. The fourth-order valence-corrected chi connectivity index (χ4v) is 12.7. The van der Waals surface area contributed by atoms with E-state index in [2.05, 4.69) is 322 Å². The van der Waals surface area contributed by atoms with Crippen LogP contribution in [0.3, 0.4) is 0 Å². The van der Waals surface area contributed by atoms with Gasteiger partial charge in [-0.2, -0.15) is 0 Å². The zero-order valence-electron chi connectivity index (χ0n) is 42.2. The molecule has 1 aliphatic rings. The fourth-order valence-electron chi connectivity index (χ4n) is 12.7. The highest BCUT2D eigenvalue weighted by molar-refractivity contribution is 6.12. The van der Waals surface area contributed by atoms with Crippen LogP contribution in [0.15, 0.2) is 303 Å². The number of benzene rings is 12. The highest BCUT2D eigenvalue weighted by atomic mass is 15.2. The van der Waals surface area contributed by atoms with Gasteiger partial charge in [-0.25, -0.2) is 0 Å². The van der Waals surface area contributed by atoms with Gasteiger partial charge < -0.3 is 18.9 Å². The van der Waals surface area contributed by atoms with Gasteiger partial charge in [0.2, 0.25) is 0 Å². The molecule has 0 atom stereocenters. The second-order valence-electron chi connectivity index (χ2n) is 20.1. The van der Waals surface area contributed by atoms with E-state index >= 15 is 0 Å². The lowest BCUT2D eigenvalue weighted by Crippen LogP contribution is -2.28. The third-order valence-corrected chi connectivity index (χ3v) is 15.9. The van der Waals surface area contributed by atoms with E-state index in [1.54, 1.807) is 0 Å². The number of aromatic nitrogens is 2. The maximum atomic E-state index is 2.49. The fraction of sp³-hybridized carbons (Fsp3) is 0.0137. The van der Waals surface area contributed by atoms with Crippen molar-refractivity contribution in [3.8, 4) is 22.5 Å². The van der Waals surface area contributed by atoms with Crippen LogP contribution >= 0.6 is 0 Å². The molecule has 2 heterocycles. The van der Waals surface area contributed by atoms with Crippen LogP contribution in [0.25, 0.3) is 66.1 Å². The lowest BCUT2D eigenvalue weighted by molar-refractivity contribution is 0.766. The Morgan fingerprint density at radius 1 is 0.234 bits per heavy atom. The predicted molar refractivity (Wildman–Crippen MR) is 322 cm³/mol. The standard InChI is InChI=1S/C73H50N4/c1-7-23-51(24-8-1)73(52-25-9-2-10-26-52)67-47-57(76-69-37-21-19-35-63(69)65-45-41-59(49-71(65)76)74(53-27-11-3-12-28-53)54-29-13-4-14-30-54)39-43-61(67)62-44-40-58(48-68(62)73)77-70-38-22-20-36-64(70)66-46-42-60(50-72(66)77)75(55-31-15-5-16-32-55)56-33-17-6-18-34-56/h1-50H. The van der Waals surface area contributed by atoms with Crippen molar-refractivity contribution >= 4 is 77.7 Å². The molecule has 15 rings (SSSR count). The maximum absolute atomic E-state index is 2.49. The normalized spacial score (nSPS) is 12.5. The SMILES string of the molecule is c1ccc(N(c2ccccc2)c2ccc3c4ccccc4n(-c4ccc5c(c4)C(c4ccccc4)(c4ccccc4)c4cc(-n6c7ccccc7c7ccc(N(c8ccccc8)c8ccccc8)cc76)ccc4-5)c3c2)cc1. The Balaban J connectivity index is 0.965. The van der Waals surface area contributed by atoms with Crippen molar-refractivity contribution in [3.63, 3.8) is 0 Å². The van der Waals surface area contributed by atoms with E-state index in [0.717, 1.165) is 67.6 Å². The topological polar surface area (TPSA) is 16.3 Å². The third kappa shape index (κ3) is 7.00. The Hall–Kier alpha value is -10.2. The van der Waals surface area contributed by atoms with Crippen LogP contribution in [0.1, 0.15) is 22.3 Å². The third-order valence-electron chi connectivity index (χ3n) is 15.9. The number of anilines is 6. The van der Waals surface area contributed by atoms with Crippen molar-refractivity contribution in [1.29, 1.82) is 0 Å². The summed E-state index contributed by atoms with van der Waals surface area (Å²) in [5, 5.41) is 4.86. The first-order valence-electron chi connectivity index (χ1n) is 26.5. The minimum atomic E-state index is -0.679. The van der Waals surface area contributed by atoms with Crippen LogP contribution in [0, 0.1) is 0 Å². The van der Waals surface area contributed by atoms with Crippen molar-refractivity contribution in [2.45, 2.75) is 5.41 Å². The maximum Gasteiger partial charge on any atom is 0.0715 e. The van der Waals surface area contributed by atoms with Gasteiger partial charge in [0, 0.05) is 67.0 Å². The Kier molecular flexibility index (Phi) is 10.4. The molecular weight excluding hydrogens is 933 g/mol. The van der Waals surface area contributed by atoms with Gasteiger partial charge in [-0.3, -0.25) is 0 Å². The van der Waals surface area contributed by atoms with E-state index in [4.69, 9.17) is 0 Å². The molecule has 0 saturated heterocycles. The van der Waals surface area contributed by atoms with Crippen molar-refractivity contribution in [1.82, 2.24) is 9.13 Å². The monoisotopic (exact) mass is 982 g/mol. The summed E-state index contributed by atoms with van der Waals surface area (Å²) >= 11 is 0. The largest absolute Gasteiger partial charge is 0.310 e. The van der Waals surface area contributed by atoms with E-state index < -0.39 is 5.41 Å². The number of fused-ring (bicyclic) bond motifs is 9. The molecule has 0 bridgehead atoms. The molecule has 0 amide bonds. The molecule has 0 saturated carbocycles. The lowest BCUT2D eigenvalue weighted by Gasteiger charge is -2.34. The van der Waals surface area contributed by atoms with Gasteiger partial charge in [0.25, 0.3) is 0 Å². The highest BCUT2D eigenvalue weighted by Gasteiger charge is 2.46. The van der Waals surface area contributed by atoms with Crippen molar-refractivity contribution < 1.29 is 0 Å². The predicted octanol–water partition coefficient (Wildman–Crippen LogP) is 19.2. The molecule has 0 spiro atoms. The van der Waals surface area contributed by atoms with Gasteiger partial charge in [-0.1, -0.05) is 194 Å². The van der Waals surface area contributed by atoms with Crippen molar-refractivity contribution in [2.24, 2.45) is 0 Å². The van der Waals surface area contributed by atoms with Crippen LogP contribution in [0.5, 0.6) is 0 Å². The molecule has 0 fully saturated rings. The molecule has 14 aromatic rings. The van der Waals surface area contributed by atoms with Gasteiger partial charge >= 0.3 is 0 Å². The van der Waals surface area contributed by atoms with Crippen LogP contribution in [-0.4, -0.2) is 9.13 Å². The quantitative estimate of drug-likeness (QED) is 0.136. The molecule has 4 heteroatoms. The van der Waals surface area contributed by atoms with Crippen molar-refractivity contribution in [3.05, 3.63) is 326 Å². The number of para-hydroxylation sites is 6. The zero-order chi connectivity index (χ0) is 50.9. The minimum absolute atomic E-state index is 0.679. The Morgan fingerprint density at radius 2 is 0.545 bits per heavy atom. The number of hydrogen-bond acceptors (Lipinski definition) is 2. The number of rotatable bonds is 10. The Labute approximate surface area is 447 Å². The molecule has 362 valence electrons. The number of hydrogen-bond donors (Lipinski definition) is 0. The second-order valence-corrected chi connectivity index (χ2v) is 20.1. The van der Waals surface area contributed by atoms with Crippen molar-refractivity contribution in [2.75, 3.05) is 9.80 Å². The summed E-state index contributed by atoms with van der Waals surface area (Å²) in [5.41, 5.74) is 20.2. The summed E-state index contributed by atoms with van der Waals surface area (Å²) in [7, 11) is 0. The first-order valence-corrected chi connectivity index (χ1v) is 26.5. The van der Waals surface area contributed by atoms with Crippen LogP contribution in [0.4, 0.5) is 34.1 Å². The molecule has 2 aromatic heterocycles. The van der Waals surface area contributed by atoms with E-state index in [0.29, 0.717) is 0 Å². The summed E-state index contributed by atoms with van der Waals surface area (Å²) in [6.45, 7) is 0. The number of nitrogens with zero attached hydrogens (tertiary/aromatic N) is 4. The molecule has 4 nitrogen and oxygen atoms in total. The smallest absolute Gasteiger partial charge is 0.0715 e. The van der Waals surface area contributed by atoms with Gasteiger partial charge in [0.05, 0.1) is 27.5 Å². The summed E-state index contributed by atoms with van der Waals surface area (Å²) in [6, 6.07) is 111. The van der Waals surface area contributed by atoms with E-state index in [1.165, 1.54) is 54.9 Å². The first kappa shape index (κ1) is 44.3. The zero-order valence-corrected chi connectivity index (χ0v) is 42.2. The van der Waals surface area contributed by atoms with E-state index in [-0.39, 0.29) is 0 Å². The summed E-state index contributed by atoms with van der Waals surface area (Å²) < 4.78 is 4.98. The summed E-state index contributed by atoms with van der Waals surface area (Å²) in [6.07, 6.45) is 0. The second kappa shape index (κ2) is 18.0. The summed E-state index contributed by atoms with van der Waals surface area (Å²) in [4.78, 5) is 4.71. The molecule has 12 aromatic carbocycles.